The van der Waals surface area contributed by atoms with Gasteiger partial charge in [0.1, 0.15) is 0 Å². The van der Waals surface area contributed by atoms with E-state index in [4.69, 9.17) is 0 Å². The third kappa shape index (κ3) is 0.595. The van der Waals surface area contributed by atoms with Gasteiger partial charge in [-0.3, -0.25) is 0 Å². The molecule has 0 radical (unpaired) electrons. The van der Waals surface area contributed by atoms with Crippen LogP contribution >= 0.6 is 0 Å². The zero-order valence-corrected chi connectivity index (χ0v) is 6.48. The van der Waals surface area contributed by atoms with E-state index in [-0.39, 0.29) is 0 Å². The predicted molar refractivity (Wildman–Crippen MR) is 39.2 cm³/mol. The number of hydrogen-bond acceptors (Lipinski definition) is 0. The van der Waals surface area contributed by atoms with Crippen LogP contribution in [-0.2, 0) is 0 Å². The summed E-state index contributed by atoms with van der Waals surface area (Å²) in [5.41, 5.74) is 0.804. The van der Waals surface area contributed by atoms with E-state index in [0.29, 0.717) is 0 Å². The fourth-order valence-electron chi connectivity index (χ4n) is 2.77. The van der Waals surface area contributed by atoms with Crippen molar-refractivity contribution in [1.29, 1.82) is 0 Å². The summed E-state index contributed by atoms with van der Waals surface area (Å²) in [6.45, 7) is 4.90. The minimum Gasteiger partial charge on any atom is -0.0617 e. The van der Waals surface area contributed by atoms with E-state index >= 15 is 0 Å². The van der Waals surface area contributed by atoms with Crippen molar-refractivity contribution in [3.8, 4) is 0 Å². The molecule has 0 nitrogen and oxygen atoms in total. The lowest BCUT2D eigenvalue weighted by atomic mass is 9.90. The summed E-state index contributed by atoms with van der Waals surface area (Å²) in [7, 11) is 0. The van der Waals surface area contributed by atoms with Crippen LogP contribution in [0.3, 0.4) is 0 Å². The molecule has 2 aliphatic rings. The second kappa shape index (κ2) is 1.53. The van der Waals surface area contributed by atoms with Crippen molar-refractivity contribution >= 4 is 0 Å². The van der Waals surface area contributed by atoms with Gasteiger partial charge in [-0.1, -0.05) is 26.7 Å². The Balaban J connectivity index is 2.10. The van der Waals surface area contributed by atoms with Crippen LogP contribution in [0.25, 0.3) is 0 Å². The molecule has 52 valence electrons. The summed E-state index contributed by atoms with van der Waals surface area (Å²) in [4.78, 5) is 0. The van der Waals surface area contributed by atoms with Gasteiger partial charge in [-0.05, 0) is 30.1 Å². The van der Waals surface area contributed by atoms with E-state index < -0.39 is 0 Å². The zero-order chi connectivity index (χ0) is 6.48. The van der Waals surface area contributed by atoms with E-state index in [9.17, 15) is 0 Å². The summed E-state index contributed by atoms with van der Waals surface area (Å²) < 4.78 is 0. The summed E-state index contributed by atoms with van der Waals surface area (Å²) in [5.74, 6) is 2.17. The molecule has 0 heterocycles. The average molecular weight is 124 g/mol. The Bertz CT molecular complexity index is 128. The highest BCUT2D eigenvalue weighted by molar-refractivity contribution is 5.06. The first-order valence-electron chi connectivity index (χ1n) is 4.25. The standard InChI is InChI=1S/C9H16/c1-7-8-5-3-4-6-9(7,8)2/h7-8H,3-6H2,1-2H3/t7?,8-,9?/m0/s1. The Morgan fingerprint density at radius 3 is 2.56 bits per heavy atom. The summed E-state index contributed by atoms with van der Waals surface area (Å²) in [5, 5.41) is 0. The fourth-order valence-corrected chi connectivity index (χ4v) is 2.77. The molecule has 0 saturated heterocycles. The van der Waals surface area contributed by atoms with Crippen LogP contribution in [-0.4, -0.2) is 0 Å². The minimum absolute atomic E-state index is 0.804. The molecular weight excluding hydrogens is 108 g/mol. The van der Waals surface area contributed by atoms with Crippen LogP contribution in [0.5, 0.6) is 0 Å². The minimum atomic E-state index is 0.804. The van der Waals surface area contributed by atoms with Gasteiger partial charge in [0, 0.05) is 0 Å². The van der Waals surface area contributed by atoms with Gasteiger partial charge in [0.15, 0.2) is 0 Å². The van der Waals surface area contributed by atoms with Crippen molar-refractivity contribution in [3.05, 3.63) is 0 Å². The molecule has 2 rings (SSSR count). The molecule has 0 spiro atoms. The molecule has 0 aromatic heterocycles. The van der Waals surface area contributed by atoms with Crippen molar-refractivity contribution in [1.82, 2.24) is 0 Å². The van der Waals surface area contributed by atoms with E-state index in [1.165, 1.54) is 25.7 Å². The van der Waals surface area contributed by atoms with Gasteiger partial charge in [0.25, 0.3) is 0 Å². The second-order valence-corrected chi connectivity index (χ2v) is 4.15. The van der Waals surface area contributed by atoms with Crippen LogP contribution in [0.15, 0.2) is 0 Å². The van der Waals surface area contributed by atoms with Gasteiger partial charge < -0.3 is 0 Å². The second-order valence-electron chi connectivity index (χ2n) is 4.15. The average Bonchev–Trinajstić information content (AvgIpc) is 2.38. The van der Waals surface area contributed by atoms with Gasteiger partial charge in [0.2, 0.25) is 0 Å². The predicted octanol–water partition coefficient (Wildman–Crippen LogP) is 2.83. The van der Waals surface area contributed by atoms with Gasteiger partial charge in [-0.2, -0.15) is 0 Å². The molecular formula is C9H16. The van der Waals surface area contributed by atoms with E-state index in [2.05, 4.69) is 13.8 Å². The maximum atomic E-state index is 2.47. The van der Waals surface area contributed by atoms with E-state index in [1.807, 2.05) is 0 Å². The smallest absolute Gasteiger partial charge is 0.0266 e. The Kier molecular flexibility index (Phi) is 0.980. The molecule has 0 bridgehead atoms. The lowest BCUT2D eigenvalue weighted by molar-refractivity contribution is 0.361. The summed E-state index contributed by atoms with van der Waals surface area (Å²) in [6.07, 6.45) is 6.04. The molecule has 0 aromatic carbocycles. The largest absolute Gasteiger partial charge is 0.0617 e. The monoisotopic (exact) mass is 124 g/mol. The molecule has 9 heavy (non-hydrogen) atoms. The van der Waals surface area contributed by atoms with E-state index in [1.54, 1.807) is 0 Å². The quantitative estimate of drug-likeness (QED) is 0.466. The van der Waals surface area contributed by atoms with Crippen LogP contribution in [0, 0.1) is 17.3 Å². The number of hydrogen-bond donors (Lipinski definition) is 0. The van der Waals surface area contributed by atoms with Crippen molar-refractivity contribution in [3.63, 3.8) is 0 Å². The van der Waals surface area contributed by atoms with Gasteiger partial charge in [-0.25, -0.2) is 0 Å². The first-order valence-corrected chi connectivity index (χ1v) is 4.25. The summed E-state index contributed by atoms with van der Waals surface area (Å²) in [6, 6.07) is 0. The molecule has 0 N–H and O–H groups in total. The molecule has 3 atom stereocenters. The molecule has 2 unspecified atom stereocenters. The van der Waals surface area contributed by atoms with Crippen LogP contribution in [0.1, 0.15) is 39.5 Å². The molecule has 2 aliphatic carbocycles. The molecule has 0 amide bonds. The van der Waals surface area contributed by atoms with Crippen molar-refractivity contribution < 1.29 is 0 Å². The van der Waals surface area contributed by atoms with Crippen LogP contribution < -0.4 is 0 Å². The lowest BCUT2D eigenvalue weighted by Gasteiger charge is -2.15. The highest BCUT2D eigenvalue weighted by Crippen LogP contribution is 2.65. The number of rotatable bonds is 0. The maximum absolute atomic E-state index is 2.47. The molecule has 0 aromatic rings. The summed E-state index contributed by atoms with van der Waals surface area (Å²) >= 11 is 0. The van der Waals surface area contributed by atoms with Gasteiger partial charge >= 0.3 is 0 Å². The Labute approximate surface area is 57.6 Å². The molecule has 0 aliphatic heterocycles. The van der Waals surface area contributed by atoms with Crippen LogP contribution in [0.4, 0.5) is 0 Å². The third-order valence-corrected chi connectivity index (χ3v) is 3.86. The zero-order valence-electron chi connectivity index (χ0n) is 6.48. The molecule has 0 heteroatoms. The SMILES string of the molecule is CC1[C@@H]2CCCCC12C. The van der Waals surface area contributed by atoms with Crippen molar-refractivity contribution in [2.45, 2.75) is 39.5 Å². The molecule has 2 fully saturated rings. The Morgan fingerprint density at radius 1 is 1.33 bits per heavy atom. The first-order chi connectivity index (χ1) is 4.25. The number of fused-ring (bicyclic) bond motifs is 1. The third-order valence-electron chi connectivity index (χ3n) is 3.86. The van der Waals surface area contributed by atoms with Crippen LogP contribution in [0.2, 0.25) is 0 Å². The van der Waals surface area contributed by atoms with Gasteiger partial charge in [0.05, 0.1) is 0 Å². The normalized spacial score (nSPS) is 56.7. The Hall–Kier alpha value is 0. The van der Waals surface area contributed by atoms with Gasteiger partial charge in [-0.15, -0.1) is 0 Å². The molecule has 2 saturated carbocycles. The van der Waals surface area contributed by atoms with E-state index in [0.717, 1.165) is 17.3 Å². The fraction of sp³-hybridized carbons (Fsp3) is 1.00. The Morgan fingerprint density at radius 2 is 2.11 bits per heavy atom. The lowest BCUT2D eigenvalue weighted by Crippen LogP contribution is -2.03. The first kappa shape index (κ1) is 5.76. The maximum Gasteiger partial charge on any atom is -0.0266 e. The topological polar surface area (TPSA) is 0 Å². The highest BCUT2D eigenvalue weighted by atomic mass is 14.6. The van der Waals surface area contributed by atoms with Crippen molar-refractivity contribution in [2.75, 3.05) is 0 Å². The highest BCUT2D eigenvalue weighted by Gasteiger charge is 2.57. The van der Waals surface area contributed by atoms with Crippen molar-refractivity contribution in [2.24, 2.45) is 17.3 Å².